The molecule has 0 radical (unpaired) electrons. The van der Waals surface area contributed by atoms with Crippen LogP contribution in [0.3, 0.4) is 0 Å². The Labute approximate surface area is 90.9 Å². The maximum absolute atomic E-state index is 10.7. The molecule has 15 heavy (non-hydrogen) atoms. The van der Waals surface area contributed by atoms with Crippen molar-refractivity contribution in [2.45, 2.75) is 24.3 Å². The highest BCUT2D eigenvalue weighted by Gasteiger charge is 2.16. The van der Waals surface area contributed by atoms with E-state index in [1.807, 2.05) is 11.1 Å². The predicted molar refractivity (Wildman–Crippen MR) is 59.0 cm³/mol. The molecular formula is C10H12N2O2S. The molecule has 1 N–H and O–H groups in total. The molecule has 0 aromatic carbocycles. The maximum atomic E-state index is 10.7. The second-order valence-corrected chi connectivity index (χ2v) is 4.45. The molecule has 0 spiro atoms. The molecule has 0 saturated carbocycles. The van der Waals surface area contributed by atoms with Crippen LogP contribution in [0.4, 0.5) is 5.82 Å². The molecule has 5 heteroatoms. The summed E-state index contributed by atoms with van der Waals surface area (Å²) in [5, 5.41) is 0. The van der Waals surface area contributed by atoms with E-state index in [2.05, 4.69) is 18.0 Å². The van der Waals surface area contributed by atoms with E-state index in [1.165, 1.54) is 6.20 Å². The Kier molecular flexibility index (Phi) is 2.83. The van der Waals surface area contributed by atoms with Gasteiger partial charge in [0.15, 0.2) is 11.1 Å². The molecule has 0 amide bonds. The fraction of sp³-hybridized carbons (Fsp3) is 0.300. The number of nitrogens with zero attached hydrogens (tertiary/aromatic N) is 2. The summed E-state index contributed by atoms with van der Waals surface area (Å²) in [5.41, 5.74) is 0. The maximum Gasteiger partial charge on any atom is 0.188 e. The first-order chi connectivity index (χ1) is 7.18. The molecule has 0 bridgehead atoms. The quantitative estimate of drug-likeness (QED) is 0.778. The standard InChI is InChI=1S/C10H12N2O2S/c1-8-3-2-6-12(8)10-5-4-9(7-11-10)15(13)14/h2,4-8H,3H2,1H3,(H,13,14)/t8-/m0/s1. The van der Waals surface area contributed by atoms with Crippen LogP contribution >= 0.6 is 0 Å². The third-order valence-corrected chi connectivity index (χ3v) is 3.05. The molecule has 0 fully saturated rings. The summed E-state index contributed by atoms with van der Waals surface area (Å²) in [4.78, 5) is 6.53. The van der Waals surface area contributed by atoms with Gasteiger partial charge in [-0.2, -0.15) is 0 Å². The summed E-state index contributed by atoms with van der Waals surface area (Å²) in [6, 6.07) is 3.79. The van der Waals surface area contributed by atoms with Crippen LogP contribution in [0.2, 0.25) is 0 Å². The molecule has 0 aliphatic carbocycles. The number of rotatable bonds is 2. The molecule has 1 aromatic heterocycles. The molecule has 2 atom stereocenters. The molecule has 1 aliphatic rings. The van der Waals surface area contributed by atoms with E-state index in [1.54, 1.807) is 12.1 Å². The van der Waals surface area contributed by atoms with Gasteiger partial charge in [-0.15, -0.1) is 0 Å². The number of hydrogen-bond acceptors (Lipinski definition) is 3. The normalized spacial score (nSPS) is 22.0. The Bertz CT molecular complexity index is 402. The lowest BCUT2D eigenvalue weighted by Crippen LogP contribution is -2.23. The van der Waals surface area contributed by atoms with E-state index in [9.17, 15) is 4.21 Å². The van der Waals surface area contributed by atoms with Crippen molar-refractivity contribution >= 4 is 16.9 Å². The number of hydrogen-bond donors (Lipinski definition) is 1. The Morgan fingerprint density at radius 2 is 2.40 bits per heavy atom. The van der Waals surface area contributed by atoms with Crippen molar-refractivity contribution in [3.8, 4) is 0 Å². The third-order valence-electron chi connectivity index (χ3n) is 2.40. The highest BCUT2D eigenvalue weighted by atomic mass is 32.2. The van der Waals surface area contributed by atoms with Gasteiger partial charge in [0.05, 0.1) is 4.90 Å². The van der Waals surface area contributed by atoms with E-state index in [4.69, 9.17) is 4.55 Å². The molecule has 1 aliphatic heterocycles. The van der Waals surface area contributed by atoms with Gasteiger partial charge in [0.25, 0.3) is 0 Å². The molecule has 2 rings (SSSR count). The Hall–Kier alpha value is -1.20. The van der Waals surface area contributed by atoms with Crippen LogP contribution in [0, 0.1) is 0 Å². The predicted octanol–water partition coefficient (Wildman–Crippen LogP) is 1.77. The average Bonchev–Trinajstić information content (AvgIpc) is 2.65. The van der Waals surface area contributed by atoms with Crippen LogP contribution in [0.5, 0.6) is 0 Å². The summed E-state index contributed by atoms with van der Waals surface area (Å²) < 4.78 is 19.6. The first kappa shape index (κ1) is 10.3. The summed E-state index contributed by atoms with van der Waals surface area (Å²) >= 11 is -1.95. The van der Waals surface area contributed by atoms with Crippen molar-refractivity contribution in [2.24, 2.45) is 0 Å². The van der Waals surface area contributed by atoms with Crippen molar-refractivity contribution in [1.29, 1.82) is 0 Å². The first-order valence-electron chi connectivity index (χ1n) is 4.70. The van der Waals surface area contributed by atoms with Gasteiger partial charge in [0.2, 0.25) is 0 Å². The van der Waals surface area contributed by atoms with Crippen molar-refractivity contribution in [1.82, 2.24) is 4.98 Å². The van der Waals surface area contributed by atoms with Gasteiger partial charge >= 0.3 is 0 Å². The van der Waals surface area contributed by atoms with Gasteiger partial charge in [-0.3, -0.25) is 0 Å². The first-order valence-corrected chi connectivity index (χ1v) is 5.81. The van der Waals surface area contributed by atoms with Crippen molar-refractivity contribution in [2.75, 3.05) is 4.90 Å². The van der Waals surface area contributed by atoms with Gasteiger partial charge in [-0.25, -0.2) is 9.19 Å². The van der Waals surface area contributed by atoms with Gasteiger partial charge in [0.1, 0.15) is 5.82 Å². The minimum absolute atomic E-state index is 0.328. The number of pyridine rings is 1. The molecule has 1 unspecified atom stereocenters. The molecule has 2 heterocycles. The Morgan fingerprint density at radius 3 is 2.87 bits per heavy atom. The summed E-state index contributed by atoms with van der Waals surface area (Å²) in [6.07, 6.45) is 6.52. The largest absolute Gasteiger partial charge is 0.330 e. The van der Waals surface area contributed by atoms with Gasteiger partial charge < -0.3 is 9.45 Å². The van der Waals surface area contributed by atoms with E-state index in [-0.39, 0.29) is 0 Å². The zero-order valence-corrected chi connectivity index (χ0v) is 9.15. The lowest BCUT2D eigenvalue weighted by Gasteiger charge is -2.20. The zero-order chi connectivity index (χ0) is 10.8. The smallest absolute Gasteiger partial charge is 0.188 e. The van der Waals surface area contributed by atoms with E-state index >= 15 is 0 Å². The highest BCUT2D eigenvalue weighted by Crippen LogP contribution is 2.21. The molecule has 4 nitrogen and oxygen atoms in total. The second-order valence-electron chi connectivity index (χ2n) is 3.48. The van der Waals surface area contributed by atoms with E-state index in [0.717, 1.165) is 12.2 Å². The lowest BCUT2D eigenvalue weighted by molar-refractivity contribution is 0.564. The van der Waals surface area contributed by atoms with Crippen LogP contribution in [0.25, 0.3) is 0 Å². The number of anilines is 1. The van der Waals surface area contributed by atoms with E-state index < -0.39 is 11.1 Å². The summed E-state index contributed by atoms with van der Waals surface area (Å²) in [7, 11) is 0. The monoisotopic (exact) mass is 224 g/mol. The van der Waals surface area contributed by atoms with Crippen LogP contribution in [0.15, 0.2) is 35.5 Å². The number of aromatic nitrogens is 1. The van der Waals surface area contributed by atoms with Crippen LogP contribution < -0.4 is 4.90 Å². The minimum atomic E-state index is -1.95. The van der Waals surface area contributed by atoms with Crippen LogP contribution in [0.1, 0.15) is 13.3 Å². The average molecular weight is 224 g/mol. The van der Waals surface area contributed by atoms with Crippen molar-refractivity contribution in [3.05, 3.63) is 30.6 Å². The Morgan fingerprint density at radius 1 is 1.60 bits per heavy atom. The topological polar surface area (TPSA) is 53.4 Å². The molecule has 1 aromatic rings. The van der Waals surface area contributed by atoms with Gasteiger partial charge in [-0.05, 0) is 25.5 Å². The SMILES string of the molecule is C[C@H]1CC=CN1c1ccc(S(=O)O)cn1. The third kappa shape index (κ3) is 2.08. The van der Waals surface area contributed by atoms with Crippen LogP contribution in [-0.4, -0.2) is 19.8 Å². The van der Waals surface area contributed by atoms with Crippen LogP contribution in [-0.2, 0) is 11.1 Å². The summed E-state index contributed by atoms with van der Waals surface area (Å²) in [6.45, 7) is 2.11. The molecule has 80 valence electrons. The summed E-state index contributed by atoms with van der Waals surface area (Å²) in [5.74, 6) is 0.811. The second kappa shape index (κ2) is 4.12. The zero-order valence-electron chi connectivity index (χ0n) is 8.33. The molecule has 0 saturated heterocycles. The van der Waals surface area contributed by atoms with Gasteiger partial charge in [-0.1, -0.05) is 6.08 Å². The van der Waals surface area contributed by atoms with Crippen molar-refractivity contribution < 1.29 is 8.76 Å². The fourth-order valence-corrected chi connectivity index (χ4v) is 1.89. The molecular weight excluding hydrogens is 212 g/mol. The Balaban J connectivity index is 2.23. The highest BCUT2D eigenvalue weighted by molar-refractivity contribution is 7.79. The minimum Gasteiger partial charge on any atom is -0.330 e. The van der Waals surface area contributed by atoms with Crippen molar-refractivity contribution in [3.63, 3.8) is 0 Å². The van der Waals surface area contributed by atoms with Gasteiger partial charge in [0, 0.05) is 18.4 Å². The lowest BCUT2D eigenvalue weighted by atomic mass is 10.2. The van der Waals surface area contributed by atoms with E-state index in [0.29, 0.717) is 10.9 Å². The fourth-order valence-electron chi connectivity index (χ4n) is 1.56.